The molecule has 0 aliphatic carbocycles. The van der Waals surface area contributed by atoms with E-state index in [9.17, 15) is 0 Å². The molecule has 24 heavy (non-hydrogen) atoms. The molecule has 0 radical (unpaired) electrons. The first-order chi connectivity index (χ1) is 11.7. The van der Waals surface area contributed by atoms with Crippen molar-refractivity contribution in [2.45, 2.75) is 18.2 Å². The maximum absolute atomic E-state index is 5.99. The van der Waals surface area contributed by atoms with Crippen LogP contribution in [0.15, 0.2) is 30.3 Å². The fraction of sp³-hybridized carbons (Fsp3) is 0.471. The second-order valence-electron chi connectivity index (χ2n) is 5.97. The van der Waals surface area contributed by atoms with Crippen molar-refractivity contribution >= 4 is 31.3 Å². The molecule has 7 heteroatoms. The number of piperazine rings is 1. The van der Waals surface area contributed by atoms with Crippen LogP contribution in [-0.2, 0) is 0 Å². The van der Waals surface area contributed by atoms with E-state index in [0.29, 0.717) is 10.8 Å². The molecule has 1 fully saturated rings. The van der Waals surface area contributed by atoms with E-state index in [4.69, 9.17) is 10.7 Å². The topological polar surface area (TPSA) is 71.2 Å². The third-order valence-electron chi connectivity index (χ3n) is 4.12. The van der Waals surface area contributed by atoms with Gasteiger partial charge in [-0.15, -0.1) is 0 Å². The Labute approximate surface area is 149 Å². The Morgan fingerprint density at radius 2 is 1.79 bits per heavy atom. The van der Waals surface area contributed by atoms with Gasteiger partial charge in [0.1, 0.15) is 0 Å². The first-order valence-corrected chi connectivity index (χ1v) is 10.2. The summed E-state index contributed by atoms with van der Waals surface area (Å²) in [5, 5.41) is 0. The summed E-state index contributed by atoms with van der Waals surface area (Å²) in [4.78, 5) is 18.4. The molecule has 0 bridgehead atoms. The summed E-state index contributed by atoms with van der Waals surface area (Å²) in [7, 11) is 2.14. The van der Waals surface area contributed by atoms with Crippen molar-refractivity contribution in [3.05, 3.63) is 36.2 Å². The monoisotopic (exact) mass is 392 g/mol. The summed E-state index contributed by atoms with van der Waals surface area (Å²) < 4.78 is 1.36. The van der Waals surface area contributed by atoms with Gasteiger partial charge < -0.3 is 0 Å². The van der Waals surface area contributed by atoms with Crippen molar-refractivity contribution in [1.29, 1.82) is 0 Å². The summed E-state index contributed by atoms with van der Waals surface area (Å²) in [6, 6.07) is 10.6. The van der Waals surface area contributed by atoms with Crippen LogP contribution in [0.3, 0.4) is 0 Å². The zero-order chi connectivity index (χ0) is 16.9. The van der Waals surface area contributed by atoms with E-state index in [-0.39, 0.29) is 15.0 Å². The number of benzene rings is 1. The summed E-state index contributed by atoms with van der Waals surface area (Å²) >= 11 is 0.281. The number of nitrogens with two attached hydrogens (primary N) is 1. The van der Waals surface area contributed by atoms with E-state index in [1.807, 2.05) is 6.07 Å². The molecule has 0 spiro atoms. The normalized spacial score (nSPS) is 17.0. The molecule has 6 nitrogen and oxygen atoms in total. The van der Waals surface area contributed by atoms with Crippen LogP contribution in [0.4, 0.5) is 11.9 Å². The quantitative estimate of drug-likeness (QED) is 0.757. The van der Waals surface area contributed by atoms with Crippen LogP contribution in [-0.4, -0.2) is 68.0 Å². The van der Waals surface area contributed by atoms with Gasteiger partial charge in [0.15, 0.2) is 0 Å². The number of aromatic nitrogens is 3. The third-order valence-corrected chi connectivity index (χ3v) is 7.01. The first kappa shape index (κ1) is 17.1. The van der Waals surface area contributed by atoms with Crippen LogP contribution in [0.1, 0.15) is 24.0 Å². The third kappa shape index (κ3) is 4.23. The zero-order valence-corrected chi connectivity index (χ0v) is 15.9. The molecule has 0 saturated carbocycles. The van der Waals surface area contributed by atoms with Crippen molar-refractivity contribution in [2.75, 3.05) is 43.9 Å². The van der Waals surface area contributed by atoms with Crippen LogP contribution < -0.4 is 15.1 Å². The Bertz CT molecular complexity index is 657. The average Bonchev–Trinajstić information content (AvgIpc) is 2.60. The van der Waals surface area contributed by atoms with Crippen LogP contribution in [0.2, 0.25) is 0 Å². The van der Waals surface area contributed by atoms with Crippen molar-refractivity contribution in [3.8, 4) is 0 Å². The Hall–Kier alpha value is -1.69. The molecule has 2 heterocycles. The Balaban J connectivity index is 1.81. The molecule has 2 N–H and O–H groups in total. The number of nitrogen functional groups attached to an aromatic ring is 1. The van der Waals surface area contributed by atoms with Gasteiger partial charge >= 0.3 is 149 Å². The molecule has 2 aromatic rings. The number of anilines is 2. The van der Waals surface area contributed by atoms with Crippen molar-refractivity contribution in [3.63, 3.8) is 0 Å². The molecule has 1 saturated heterocycles. The van der Waals surface area contributed by atoms with Crippen LogP contribution in [0, 0.1) is 0 Å². The van der Waals surface area contributed by atoms with Gasteiger partial charge in [-0.25, -0.2) is 0 Å². The Morgan fingerprint density at radius 3 is 2.46 bits per heavy atom. The molecule has 1 unspecified atom stereocenters. The molecule has 1 aromatic carbocycles. The number of nitrogens with zero attached hydrogens (tertiary/aromatic N) is 5. The molecule has 1 aliphatic rings. The summed E-state index contributed by atoms with van der Waals surface area (Å²) in [5.74, 6) is 1.90. The number of hydrogen-bond acceptors (Lipinski definition) is 6. The predicted molar refractivity (Wildman–Crippen MR) is 98.8 cm³/mol. The van der Waals surface area contributed by atoms with E-state index in [1.54, 1.807) is 0 Å². The summed E-state index contributed by atoms with van der Waals surface area (Å²) in [6.45, 7) is 6.09. The fourth-order valence-electron chi connectivity index (χ4n) is 2.67. The van der Waals surface area contributed by atoms with Gasteiger partial charge in [0.2, 0.25) is 0 Å². The molecule has 128 valence electrons. The van der Waals surface area contributed by atoms with Crippen LogP contribution >= 0.6 is 0 Å². The molecule has 3 rings (SSSR count). The Morgan fingerprint density at radius 1 is 1.08 bits per heavy atom. The maximum atomic E-state index is 5.99. The standard InChI is InChI=1S/C17H24N6Se/c1-3-14(24-13-7-5-4-6-8-13)15-19-16(18)21-17(20-15)23-11-9-22(2)10-12-23/h4-8,14H,3,9-12H2,1-2H3,(H2,18,19,20,21). The fourth-order valence-corrected chi connectivity index (χ4v) is 4.81. The van der Waals surface area contributed by atoms with Gasteiger partial charge in [0.05, 0.1) is 0 Å². The summed E-state index contributed by atoms with van der Waals surface area (Å²) in [6.07, 6.45) is 1.00. The van der Waals surface area contributed by atoms with Gasteiger partial charge in [-0.05, 0) is 0 Å². The molecule has 1 aromatic heterocycles. The van der Waals surface area contributed by atoms with Gasteiger partial charge in [-0.1, -0.05) is 0 Å². The van der Waals surface area contributed by atoms with E-state index in [0.717, 1.165) is 44.4 Å². The average molecular weight is 391 g/mol. The second kappa shape index (κ2) is 7.92. The van der Waals surface area contributed by atoms with Crippen molar-refractivity contribution in [1.82, 2.24) is 19.9 Å². The second-order valence-corrected chi connectivity index (χ2v) is 8.65. The predicted octanol–water partition coefficient (Wildman–Crippen LogP) is 0.686. The number of rotatable bonds is 5. The molecular weight excluding hydrogens is 367 g/mol. The van der Waals surface area contributed by atoms with E-state index in [1.165, 1.54) is 4.46 Å². The van der Waals surface area contributed by atoms with Gasteiger partial charge in [-0.3, -0.25) is 0 Å². The molecule has 1 atom stereocenters. The van der Waals surface area contributed by atoms with Crippen molar-refractivity contribution in [2.24, 2.45) is 0 Å². The zero-order valence-electron chi connectivity index (χ0n) is 14.2. The molecule has 1 aliphatic heterocycles. The van der Waals surface area contributed by atoms with E-state index < -0.39 is 0 Å². The summed E-state index contributed by atoms with van der Waals surface area (Å²) in [5.41, 5.74) is 5.99. The number of likely N-dealkylation sites (N-methyl/N-ethyl adjacent to an activating group) is 1. The van der Waals surface area contributed by atoms with Gasteiger partial charge in [0.25, 0.3) is 0 Å². The van der Waals surface area contributed by atoms with Gasteiger partial charge in [0, 0.05) is 0 Å². The molecular formula is C17H24N6Se. The molecule has 0 amide bonds. The van der Waals surface area contributed by atoms with E-state index in [2.05, 4.69) is 58.0 Å². The number of hydrogen-bond donors (Lipinski definition) is 1. The van der Waals surface area contributed by atoms with Crippen LogP contribution in [0.5, 0.6) is 0 Å². The minimum atomic E-state index is 0.281. The minimum absolute atomic E-state index is 0.281. The Kier molecular flexibility index (Phi) is 5.66. The SMILES string of the molecule is CCC([Se]c1ccccc1)c1nc(N)nc(N2CCN(C)CC2)n1. The van der Waals surface area contributed by atoms with Gasteiger partial charge in [-0.2, -0.15) is 0 Å². The van der Waals surface area contributed by atoms with E-state index >= 15 is 0 Å². The first-order valence-electron chi connectivity index (χ1n) is 8.32. The van der Waals surface area contributed by atoms with Crippen molar-refractivity contribution < 1.29 is 0 Å². The van der Waals surface area contributed by atoms with Crippen LogP contribution in [0.25, 0.3) is 0 Å².